The molecule has 27 heavy (non-hydrogen) atoms. The second-order valence-electron chi connectivity index (χ2n) is 6.93. The lowest BCUT2D eigenvalue weighted by Crippen LogP contribution is -2.37. The van der Waals surface area contributed by atoms with Crippen molar-refractivity contribution in [1.29, 1.82) is 0 Å². The van der Waals surface area contributed by atoms with Crippen molar-refractivity contribution in [1.82, 2.24) is 15.4 Å². The van der Waals surface area contributed by atoms with Gasteiger partial charge in [-0.2, -0.15) is 0 Å². The van der Waals surface area contributed by atoms with Crippen LogP contribution in [0, 0.1) is 5.92 Å². The number of halogens is 1. The van der Waals surface area contributed by atoms with Gasteiger partial charge in [-0.3, -0.25) is 4.99 Å². The van der Waals surface area contributed by atoms with E-state index in [-0.39, 0.29) is 29.7 Å². The molecule has 8 heteroatoms. The van der Waals surface area contributed by atoms with Crippen LogP contribution in [0.1, 0.15) is 49.7 Å². The molecule has 0 spiro atoms. The summed E-state index contributed by atoms with van der Waals surface area (Å²) in [6.07, 6.45) is 8.06. The van der Waals surface area contributed by atoms with Crippen molar-refractivity contribution in [2.75, 3.05) is 20.6 Å². The number of nitrogens with zero attached hydrogens (tertiary/aromatic N) is 1. The Morgan fingerprint density at radius 1 is 1.19 bits per heavy atom. The van der Waals surface area contributed by atoms with Gasteiger partial charge in [-0.1, -0.05) is 49.9 Å². The van der Waals surface area contributed by atoms with Crippen LogP contribution in [0.2, 0.25) is 0 Å². The lowest BCUT2D eigenvalue weighted by molar-refractivity contribution is 0.481. The highest BCUT2D eigenvalue weighted by atomic mass is 127. The fraction of sp³-hybridized carbons (Fsp3) is 0.632. The van der Waals surface area contributed by atoms with Crippen LogP contribution < -0.4 is 15.4 Å². The molecule has 1 fully saturated rings. The van der Waals surface area contributed by atoms with Gasteiger partial charge in [0.25, 0.3) is 0 Å². The maximum absolute atomic E-state index is 11.7. The number of rotatable bonds is 9. The van der Waals surface area contributed by atoms with Crippen LogP contribution in [0.3, 0.4) is 0 Å². The topological polar surface area (TPSA) is 82.6 Å². The van der Waals surface area contributed by atoms with Crippen molar-refractivity contribution in [3.63, 3.8) is 0 Å². The zero-order chi connectivity index (χ0) is 18.8. The van der Waals surface area contributed by atoms with Crippen LogP contribution in [-0.4, -0.2) is 35.0 Å². The second kappa shape index (κ2) is 12.6. The molecule has 1 aliphatic carbocycles. The van der Waals surface area contributed by atoms with Crippen molar-refractivity contribution in [3.8, 4) is 0 Å². The maximum atomic E-state index is 11.7. The molecule has 0 atom stereocenters. The minimum Gasteiger partial charge on any atom is -0.356 e. The SMILES string of the molecule is CN=C(NCCCC1CCCC1)NCc1cccc(CS(=O)(=O)NC)c1.I. The predicted molar refractivity (Wildman–Crippen MR) is 123 cm³/mol. The summed E-state index contributed by atoms with van der Waals surface area (Å²) in [6.45, 7) is 1.53. The summed E-state index contributed by atoms with van der Waals surface area (Å²) in [5, 5.41) is 6.65. The molecule has 0 heterocycles. The average Bonchev–Trinajstić information content (AvgIpc) is 3.14. The smallest absolute Gasteiger partial charge is 0.215 e. The van der Waals surface area contributed by atoms with Crippen LogP contribution in [0.25, 0.3) is 0 Å². The van der Waals surface area contributed by atoms with Gasteiger partial charge in [-0.05, 0) is 36.9 Å². The summed E-state index contributed by atoms with van der Waals surface area (Å²) in [5.74, 6) is 1.69. The first-order valence-electron chi connectivity index (χ1n) is 9.46. The third kappa shape index (κ3) is 9.25. The molecule has 1 aliphatic rings. The molecule has 0 radical (unpaired) electrons. The number of sulfonamides is 1. The summed E-state index contributed by atoms with van der Waals surface area (Å²) < 4.78 is 25.7. The average molecular weight is 508 g/mol. The standard InChI is InChI=1S/C19H32N4O2S.HI/c1-20-19(22-12-6-11-16-7-3-4-8-16)23-14-17-9-5-10-18(13-17)15-26(24,25)21-2;/h5,9-10,13,16,21H,3-4,6-8,11-12,14-15H2,1-2H3,(H2,20,22,23);1H. The van der Waals surface area contributed by atoms with Crippen molar-refractivity contribution in [2.45, 2.75) is 50.8 Å². The molecule has 0 aromatic heterocycles. The van der Waals surface area contributed by atoms with Gasteiger partial charge < -0.3 is 10.6 Å². The van der Waals surface area contributed by atoms with Crippen LogP contribution in [0.4, 0.5) is 0 Å². The lowest BCUT2D eigenvalue weighted by atomic mass is 10.0. The second-order valence-corrected chi connectivity index (χ2v) is 8.85. The van der Waals surface area contributed by atoms with Crippen LogP contribution in [0.5, 0.6) is 0 Å². The van der Waals surface area contributed by atoms with E-state index in [1.165, 1.54) is 45.6 Å². The van der Waals surface area contributed by atoms with Crippen molar-refractivity contribution in [3.05, 3.63) is 35.4 Å². The number of nitrogens with one attached hydrogen (secondary N) is 3. The van der Waals surface area contributed by atoms with E-state index in [0.29, 0.717) is 6.54 Å². The molecule has 1 aromatic carbocycles. The summed E-state index contributed by atoms with van der Waals surface area (Å²) in [4.78, 5) is 4.26. The fourth-order valence-electron chi connectivity index (χ4n) is 3.42. The van der Waals surface area contributed by atoms with E-state index >= 15 is 0 Å². The van der Waals surface area contributed by atoms with E-state index in [0.717, 1.165) is 29.5 Å². The molecule has 0 aliphatic heterocycles. The van der Waals surface area contributed by atoms with Gasteiger partial charge in [0.1, 0.15) is 0 Å². The summed E-state index contributed by atoms with van der Waals surface area (Å²) in [7, 11) is -0.0541. The largest absolute Gasteiger partial charge is 0.356 e. The van der Waals surface area contributed by atoms with Gasteiger partial charge >= 0.3 is 0 Å². The normalized spacial score (nSPS) is 15.4. The first-order chi connectivity index (χ1) is 12.5. The van der Waals surface area contributed by atoms with Crippen molar-refractivity contribution in [2.24, 2.45) is 10.9 Å². The van der Waals surface area contributed by atoms with E-state index in [1.807, 2.05) is 24.3 Å². The van der Waals surface area contributed by atoms with Crippen LogP contribution in [-0.2, 0) is 22.3 Å². The third-order valence-electron chi connectivity index (χ3n) is 4.90. The van der Waals surface area contributed by atoms with Crippen molar-refractivity contribution >= 4 is 40.0 Å². The van der Waals surface area contributed by atoms with Gasteiger partial charge in [-0.15, -0.1) is 24.0 Å². The molecule has 0 saturated heterocycles. The fourth-order valence-corrected chi connectivity index (χ4v) is 4.19. The quantitative estimate of drug-likeness (QED) is 0.207. The zero-order valence-electron chi connectivity index (χ0n) is 16.3. The molecule has 2 rings (SSSR count). The van der Waals surface area contributed by atoms with Crippen LogP contribution in [0.15, 0.2) is 29.3 Å². The zero-order valence-corrected chi connectivity index (χ0v) is 19.5. The van der Waals surface area contributed by atoms with Gasteiger partial charge in [-0.25, -0.2) is 13.1 Å². The summed E-state index contributed by atoms with van der Waals surface area (Å²) in [6, 6.07) is 7.61. The predicted octanol–water partition coefficient (Wildman–Crippen LogP) is 2.99. The minimum atomic E-state index is -3.25. The monoisotopic (exact) mass is 508 g/mol. The third-order valence-corrected chi connectivity index (χ3v) is 6.23. The highest BCUT2D eigenvalue weighted by molar-refractivity contribution is 14.0. The summed E-state index contributed by atoms with van der Waals surface area (Å²) in [5.41, 5.74) is 1.81. The maximum Gasteiger partial charge on any atom is 0.215 e. The highest BCUT2D eigenvalue weighted by Crippen LogP contribution is 2.28. The first-order valence-corrected chi connectivity index (χ1v) is 11.1. The van der Waals surface area contributed by atoms with Gasteiger partial charge in [0.15, 0.2) is 5.96 Å². The Hall–Kier alpha value is -0.870. The molecule has 154 valence electrons. The molecule has 1 saturated carbocycles. The molecule has 1 aromatic rings. The number of hydrogen-bond acceptors (Lipinski definition) is 3. The van der Waals surface area contributed by atoms with Crippen LogP contribution >= 0.6 is 24.0 Å². The Balaban J connectivity index is 0.00000364. The molecule has 6 nitrogen and oxygen atoms in total. The first kappa shape index (κ1) is 24.2. The Kier molecular flexibility index (Phi) is 11.2. The molecule has 3 N–H and O–H groups in total. The van der Waals surface area contributed by atoms with E-state index in [2.05, 4.69) is 20.3 Å². The highest BCUT2D eigenvalue weighted by Gasteiger charge is 2.14. The Morgan fingerprint density at radius 3 is 2.56 bits per heavy atom. The van der Waals surface area contributed by atoms with Gasteiger partial charge in [0, 0.05) is 20.1 Å². The molecule has 0 unspecified atom stereocenters. The number of guanidine groups is 1. The van der Waals surface area contributed by atoms with Gasteiger partial charge in [0.2, 0.25) is 10.0 Å². The Morgan fingerprint density at radius 2 is 1.89 bits per heavy atom. The Labute approximate surface area is 181 Å². The number of aliphatic imine (C=N–C) groups is 1. The van der Waals surface area contributed by atoms with E-state index in [4.69, 9.17) is 0 Å². The van der Waals surface area contributed by atoms with Gasteiger partial charge in [0.05, 0.1) is 5.75 Å². The van der Waals surface area contributed by atoms with Crippen molar-refractivity contribution < 1.29 is 8.42 Å². The molecular weight excluding hydrogens is 475 g/mol. The Bertz CT molecular complexity index is 689. The summed E-state index contributed by atoms with van der Waals surface area (Å²) >= 11 is 0. The molecule has 0 amide bonds. The minimum absolute atomic E-state index is 0. The van der Waals surface area contributed by atoms with E-state index in [1.54, 1.807) is 7.05 Å². The molecule has 0 bridgehead atoms. The number of benzene rings is 1. The van der Waals surface area contributed by atoms with E-state index < -0.39 is 10.0 Å². The number of hydrogen-bond donors (Lipinski definition) is 3. The lowest BCUT2D eigenvalue weighted by Gasteiger charge is -2.14. The molecular formula is C19H33IN4O2S. The van der Waals surface area contributed by atoms with E-state index in [9.17, 15) is 8.42 Å².